The van der Waals surface area contributed by atoms with Crippen molar-refractivity contribution in [2.24, 2.45) is 0 Å². The molecule has 0 unspecified atom stereocenters. The Hall–Kier alpha value is -1.78. The predicted octanol–water partition coefficient (Wildman–Crippen LogP) is 4.37. The number of carbonyl (C=O) groups excluding carboxylic acids is 1. The lowest BCUT2D eigenvalue weighted by atomic mass is 10.1. The fourth-order valence-electron chi connectivity index (χ4n) is 2.96. The number of pyridine rings is 1. The molecular formula is C19H19Cl2NO3. The van der Waals surface area contributed by atoms with E-state index in [1.807, 2.05) is 19.1 Å². The fourth-order valence-corrected chi connectivity index (χ4v) is 3.71. The summed E-state index contributed by atoms with van der Waals surface area (Å²) in [5, 5.41) is 0.854. The van der Waals surface area contributed by atoms with Gasteiger partial charge in [0.15, 0.2) is 0 Å². The van der Waals surface area contributed by atoms with E-state index < -0.39 is 0 Å². The van der Waals surface area contributed by atoms with Gasteiger partial charge in [0.2, 0.25) is 0 Å². The van der Waals surface area contributed by atoms with Crippen LogP contribution in [-0.2, 0) is 17.7 Å². The fraction of sp³-hybridized carbons (Fsp3) is 0.368. The number of hydrogen-bond donors (Lipinski definition) is 0. The number of esters is 1. The molecule has 0 aliphatic heterocycles. The van der Waals surface area contributed by atoms with Gasteiger partial charge in [-0.25, -0.2) is 4.79 Å². The highest BCUT2D eigenvalue weighted by atomic mass is 35.5. The zero-order chi connectivity index (χ0) is 18.1. The molecule has 3 rings (SSSR count). The smallest absolute Gasteiger partial charge is 0.337 e. The van der Waals surface area contributed by atoms with E-state index >= 15 is 0 Å². The van der Waals surface area contributed by atoms with E-state index in [0.717, 1.165) is 29.7 Å². The maximum absolute atomic E-state index is 12.6. The van der Waals surface area contributed by atoms with Crippen LogP contribution in [-0.4, -0.2) is 17.6 Å². The van der Waals surface area contributed by atoms with Gasteiger partial charge in [-0.15, -0.1) is 0 Å². The third-order valence-corrected chi connectivity index (χ3v) is 5.46. The molecule has 0 atom stereocenters. The predicted molar refractivity (Wildman–Crippen MR) is 98.9 cm³/mol. The minimum absolute atomic E-state index is 0.184. The van der Waals surface area contributed by atoms with Crippen LogP contribution in [0.1, 0.15) is 45.9 Å². The minimum Gasteiger partial charge on any atom is -0.465 e. The molecule has 1 fully saturated rings. The van der Waals surface area contributed by atoms with E-state index in [4.69, 9.17) is 23.2 Å². The largest absolute Gasteiger partial charge is 0.465 e. The first-order valence-electron chi connectivity index (χ1n) is 8.19. The maximum Gasteiger partial charge on any atom is 0.337 e. The molecule has 2 aromatic rings. The van der Waals surface area contributed by atoms with Crippen molar-refractivity contribution < 1.29 is 9.53 Å². The van der Waals surface area contributed by atoms with Crippen LogP contribution in [0, 0.1) is 6.92 Å². The van der Waals surface area contributed by atoms with Crippen molar-refractivity contribution in [3.05, 3.63) is 67.0 Å². The molecule has 0 spiro atoms. The first-order chi connectivity index (χ1) is 11.9. The van der Waals surface area contributed by atoms with Crippen molar-refractivity contribution in [3.63, 3.8) is 0 Å². The van der Waals surface area contributed by atoms with E-state index in [9.17, 15) is 9.59 Å². The molecule has 25 heavy (non-hydrogen) atoms. The third kappa shape index (κ3) is 3.60. The standard InChI is InChI=1S/C19H19Cl2NO3/c1-11-16(20)15(13-7-8-13)17(21)18(23)22(11)10-9-12-3-5-14(6-4-12)19(24)25-2/h3-6,13H,7-10H2,1-2H3. The van der Waals surface area contributed by atoms with Crippen molar-refractivity contribution >= 4 is 29.2 Å². The molecule has 0 radical (unpaired) electrons. The number of nitrogens with zero attached hydrogens (tertiary/aromatic N) is 1. The van der Waals surface area contributed by atoms with Crippen LogP contribution in [0.25, 0.3) is 0 Å². The summed E-state index contributed by atoms with van der Waals surface area (Å²) in [6.45, 7) is 2.33. The number of methoxy groups -OCH3 is 1. The molecule has 1 heterocycles. The van der Waals surface area contributed by atoms with Crippen molar-refractivity contribution in [1.29, 1.82) is 0 Å². The van der Waals surface area contributed by atoms with Crippen LogP contribution in [0.3, 0.4) is 0 Å². The Morgan fingerprint density at radius 2 is 1.84 bits per heavy atom. The number of aryl methyl sites for hydroxylation is 1. The molecule has 0 N–H and O–H groups in total. The Kier molecular flexibility index (Phi) is 5.21. The lowest BCUT2D eigenvalue weighted by molar-refractivity contribution is 0.0600. The van der Waals surface area contributed by atoms with Gasteiger partial charge in [-0.3, -0.25) is 4.79 Å². The molecule has 1 saturated carbocycles. The second-order valence-electron chi connectivity index (χ2n) is 6.30. The van der Waals surface area contributed by atoms with Gasteiger partial charge >= 0.3 is 5.97 Å². The average Bonchev–Trinajstić information content (AvgIpc) is 3.45. The van der Waals surface area contributed by atoms with Crippen LogP contribution in [0.2, 0.25) is 10.0 Å². The molecule has 1 aliphatic carbocycles. The quantitative estimate of drug-likeness (QED) is 0.724. The van der Waals surface area contributed by atoms with Gasteiger partial charge in [-0.05, 0) is 55.4 Å². The molecule has 0 bridgehead atoms. The van der Waals surface area contributed by atoms with E-state index in [0.29, 0.717) is 29.5 Å². The van der Waals surface area contributed by atoms with Crippen LogP contribution >= 0.6 is 23.2 Å². The van der Waals surface area contributed by atoms with E-state index in [-0.39, 0.29) is 16.6 Å². The molecule has 0 saturated heterocycles. The van der Waals surface area contributed by atoms with E-state index in [1.54, 1.807) is 16.7 Å². The number of rotatable bonds is 5. The van der Waals surface area contributed by atoms with Gasteiger partial charge in [0.05, 0.1) is 17.7 Å². The highest BCUT2D eigenvalue weighted by Crippen LogP contribution is 2.46. The second-order valence-corrected chi connectivity index (χ2v) is 7.05. The van der Waals surface area contributed by atoms with Gasteiger partial charge in [-0.1, -0.05) is 35.3 Å². The molecule has 1 aromatic heterocycles. The number of halogens is 2. The minimum atomic E-state index is -0.368. The summed E-state index contributed by atoms with van der Waals surface area (Å²) in [7, 11) is 1.35. The van der Waals surface area contributed by atoms with E-state index in [2.05, 4.69) is 4.74 Å². The van der Waals surface area contributed by atoms with Gasteiger partial charge in [-0.2, -0.15) is 0 Å². The van der Waals surface area contributed by atoms with Crippen LogP contribution < -0.4 is 5.56 Å². The lowest BCUT2D eigenvalue weighted by Gasteiger charge is -2.16. The zero-order valence-electron chi connectivity index (χ0n) is 14.1. The molecule has 4 nitrogen and oxygen atoms in total. The van der Waals surface area contributed by atoms with Gasteiger partial charge in [0, 0.05) is 12.2 Å². The van der Waals surface area contributed by atoms with Gasteiger partial charge in [0.1, 0.15) is 5.02 Å². The number of hydrogen-bond acceptors (Lipinski definition) is 3. The molecular weight excluding hydrogens is 361 g/mol. The SMILES string of the molecule is COC(=O)c1ccc(CCn2c(C)c(Cl)c(C3CC3)c(Cl)c2=O)cc1. The number of carbonyl (C=O) groups is 1. The van der Waals surface area contributed by atoms with E-state index in [1.165, 1.54) is 7.11 Å². The number of ether oxygens (including phenoxy) is 1. The average molecular weight is 380 g/mol. The Bertz CT molecular complexity index is 868. The van der Waals surface area contributed by atoms with Gasteiger partial charge < -0.3 is 9.30 Å². The summed E-state index contributed by atoms with van der Waals surface area (Å²) >= 11 is 12.8. The Morgan fingerprint density at radius 1 is 1.20 bits per heavy atom. The topological polar surface area (TPSA) is 48.3 Å². The van der Waals surface area contributed by atoms with Crippen molar-refractivity contribution in [2.45, 2.75) is 38.6 Å². The van der Waals surface area contributed by atoms with Crippen LogP contribution in [0.4, 0.5) is 0 Å². The Morgan fingerprint density at radius 3 is 2.40 bits per heavy atom. The first kappa shape index (κ1) is 18.0. The Labute approximate surface area is 156 Å². The highest BCUT2D eigenvalue weighted by Gasteiger charge is 2.31. The normalized spacial score (nSPS) is 13.8. The summed E-state index contributed by atoms with van der Waals surface area (Å²) < 4.78 is 6.31. The summed E-state index contributed by atoms with van der Waals surface area (Å²) in [5.74, 6) is -0.0419. The lowest BCUT2D eigenvalue weighted by Crippen LogP contribution is -2.25. The zero-order valence-corrected chi connectivity index (χ0v) is 15.7. The molecule has 1 aliphatic rings. The molecule has 6 heteroatoms. The first-order valence-corrected chi connectivity index (χ1v) is 8.95. The summed E-state index contributed by atoms with van der Waals surface area (Å²) in [4.78, 5) is 24.1. The number of benzene rings is 1. The van der Waals surface area contributed by atoms with Crippen molar-refractivity contribution in [1.82, 2.24) is 4.57 Å². The van der Waals surface area contributed by atoms with Crippen LogP contribution in [0.5, 0.6) is 0 Å². The van der Waals surface area contributed by atoms with Gasteiger partial charge in [0.25, 0.3) is 5.56 Å². The third-order valence-electron chi connectivity index (χ3n) is 4.61. The summed E-state index contributed by atoms with van der Waals surface area (Å²) in [6.07, 6.45) is 2.71. The van der Waals surface area contributed by atoms with Crippen LogP contribution in [0.15, 0.2) is 29.1 Å². The monoisotopic (exact) mass is 379 g/mol. The summed E-state index contributed by atoms with van der Waals surface area (Å²) in [6, 6.07) is 7.14. The highest BCUT2D eigenvalue weighted by molar-refractivity contribution is 6.36. The molecule has 0 amide bonds. The molecule has 1 aromatic carbocycles. The second kappa shape index (κ2) is 7.22. The Balaban J connectivity index is 1.82. The van der Waals surface area contributed by atoms with Crippen molar-refractivity contribution in [3.8, 4) is 0 Å². The van der Waals surface area contributed by atoms with Crippen molar-refractivity contribution in [2.75, 3.05) is 7.11 Å². The summed E-state index contributed by atoms with van der Waals surface area (Å²) in [5.41, 5.74) is 2.89. The maximum atomic E-state index is 12.6. The molecule has 132 valence electrons. The number of aromatic nitrogens is 1.